The van der Waals surface area contributed by atoms with Gasteiger partial charge in [-0.25, -0.2) is 4.98 Å². The minimum Gasteiger partial charge on any atom is -0.497 e. The maximum absolute atomic E-state index is 13.7. The summed E-state index contributed by atoms with van der Waals surface area (Å²) < 4.78 is 7.12. The van der Waals surface area contributed by atoms with Crippen LogP contribution in [0.2, 0.25) is 5.02 Å². The molecule has 182 valence electrons. The number of ether oxygens (including phenoxy) is 1. The van der Waals surface area contributed by atoms with Crippen molar-refractivity contribution >= 4 is 50.8 Å². The van der Waals surface area contributed by atoms with Gasteiger partial charge >= 0.3 is 0 Å². The lowest BCUT2D eigenvalue weighted by molar-refractivity contribution is -0.118. The Hall–Kier alpha value is -3.16. The molecule has 0 aliphatic rings. The number of hydrogen-bond donors (Lipinski definition) is 0. The molecule has 1 amide bonds. The Morgan fingerprint density at radius 2 is 1.94 bits per heavy atom. The average molecular weight is 510 g/mol. The molecule has 35 heavy (non-hydrogen) atoms. The largest absolute Gasteiger partial charge is 0.497 e. The van der Waals surface area contributed by atoms with Crippen LogP contribution >= 0.6 is 22.9 Å². The molecule has 6 nitrogen and oxygen atoms in total. The third-order valence-electron chi connectivity index (χ3n) is 6.31. The number of halogens is 1. The molecule has 0 saturated carbocycles. The van der Waals surface area contributed by atoms with Crippen LogP contribution in [0.5, 0.6) is 5.75 Å². The molecule has 2 aromatic heterocycles. The Morgan fingerprint density at radius 3 is 2.57 bits per heavy atom. The lowest BCUT2D eigenvalue weighted by atomic mass is 10.1. The number of fused-ring (bicyclic) bond motifs is 1. The fraction of sp³-hybridized carbons (Fsp3) is 0.296. The molecule has 0 radical (unpaired) electrons. The number of hydrogen-bond acceptors (Lipinski definition) is 5. The van der Waals surface area contributed by atoms with Crippen LogP contribution in [0.4, 0.5) is 5.13 Å². The summed E-state index contributed by atoms with van der Waals surface area (Å²) in [7, 11) is 1.60. The van der Waals surface area contributed by atoms with Gasteiger partial charge in [0.25, 0.3) is 5.91 Å². The highest BCUT2D eigenvalue weighted by Gasteiger charge is 2.26. The second-order valence-corrected chi connectivity index (χ2v) is 9.91. The first kappa shape index (κ1) is 24.9. The minimum atomic E-state index is -0.176. The number of rotatable bonds is 8. The fourth-order valence-corrected chi connectivity index (χ4v) is 4.91. The van der Waals surface area contributed by atoms with E-state index in [2.05, 4.69) is 18.8 Å². The highest BCUT2D eigenvalue weighted by molar-refractivity contribution is 7.13. The molecule has 2 heterocycles. The molecule has 4 rings (SSSR count). The third kappa shape index (κ3) is 5.11. The highest BCUT2D eigenvalue weighted by Crippen LogP contribution is 2.32. The van der Waals surface area contributed by atoms with Gasteiger partial charge in [-0.1, -0.05) is 31.9 Å². The molecule has 1 atom stereocenters. The van der Waals surface area contributed by atoms with Crippen LogP contribution in [0.1, 0.15) is 41.9 Å². The summed E-state index contributed by atoms with van der Waals surface area (Å²) in [4.78, 5) is 33.3. The van der Waals surface area contributed by atoms with Crippen molar-refractivity contribution in [2.24, 2.45) is 5.92 Å². The number of carbonyl (C=O) groups is 2. The lowest BCUT2D eigenvalue weighted by Crippen LogP contribution is -2.36. The SMILES string of the molecule is CCC(C)CN(C(=O)Cc1c(C)n(C(=O)c2ccc(Cl)cc2)c2ccc(OC)cc12)c1nccs1. The summed E-state index contributed by atoms with van der Waals surface area (Å²) in [5.74, 6) is 0.768. The summed E-state index contributed by atoms with van der Waals surface area (Å²) in [5.41, 5.74) is 2.78. The van der Waals surface area contributed by atoms with E-state index in [9.17, 15) is 9.59 Å². The summed E-state index contributed by atoms with van der Waals surface area (Å²) in [5, 5.41) is 3.95. The summed E-state index contributed by atoms with van der Waals surface area (Å²) >= 11 is 7.47. The topological polar surface area (TPSA) is 64.4 Å². The molecule has 0 spiro atoms. The van der Waals surface area contributed by atoms with E-state index in [1.165, 1.54) is 11.3 Å². The van der Waals surface area contributed by atoms with Crippen molar-refractivity contribution in [1.82, 2.24) is 9.55 Å². The average Bonchev–Trinajstić information content (AvgIpc) is 3.49. The van der Waals surface area contributed by atoms with Gasteiger partial charge in [-0.15, -0.1) is 11.3 Å². The Kier molecular flexibility index (Phi) is 7.57. The molecular weight excluding hydrogens is 482 g/mol. The van der Waals surface area contributed by atoms with Crippen molar-refractivity contribution in [3.05, 3.63) is 75.9 Å². The van der Waals surface area contributed by atoms with Gasteiger partial charge in [0.1, 0.15) is 5.75 Å². The van der Waals surface area contributed by atoms with Gasteiger partial charge in [-0.05, 0) is 60.9 Å². The van der Waals surface area contributed by atoms with Crippen molar-refractivity contribution in [2.75, 3.05) is 18.6 Å². The van der Waals surface area contributed by atoms with E-state index >= 15 is 0 Å². The monoisotopic (exact) mass is 509 g/mol. The van der Waals surface area contributed by atoms with E-state index < -0.39 is 0 Å². The van der Waals surface area contributed by atoms with Gasteiger partial charge < -0.3 is 4.74 Å². The maximum Gasteiger partial charge on any atom is 0.262 e. The predicted octanol–water partition coefficient (Wildman–Crippen LogP) is 6.38. The summed E-state index contributed by atoms with van der Waals surface area (Å²) in [6.07, 6.45) is 2.82. The molecule has 8 heteroatoms. The molecular formula is C27H28ClN3O3S. The molecule has 0 fully saturated rings. The maximum atomic E-state index is 13.7. The smallest absolute Gasteiger partial charge is 0.262 e. The first-order chi connectivity index (χ1) is 16.8. The molecule has 1 unspecified atom stereocenters. The summed E-state index contributed by atoms with van der Waals surface area (Å²) in [6, 6.07) is 12.4. The normalized spacial score (nSPS) is 12.0. The van der Waals surface area contributed by atoms with Crippen LogP contribution in [0.15, 0.2) is 54.0 Å². The van der Waals surface area contributed by atoms with Crippen LogP contribution in [-0.4, -0.2) is 35.0 Å². The second-order valence-electron chi connectivity index (χ2n) is 8.60. The van der Waals surface area contributed by atoms with Crippen molar-refractivity contribution in [2.45, 2.75) is 33.6 Å². The van der Waals surface area contributed by atoms with Crippen molar-refractivity contribution < 1.29 is 14.3 Å². The van der Waals surface area contributed by atoms with Crippen LogP contribution in [-0.2, 0) is 11.2 Å². The van der Waals surface area contributed by atoms with E-state index in [0.29, 0.717) is 33.9 Å². The van der Waals surface area contributed by atoms with Crippen LogP contribution in [0, 0.1) is 12.8 Å². The Bertz CT molecular complexity index is 1350. The third-order valence-corrected chi connectivity index (χ3v) is 7.35. The number of anilines is 1. The van der Waals surface area contributed by atoms with E-state index in [-0.39, 0.29) is 18.2 Å². The van der Waals surface area contributed by atoms with Crippen LogP contribution in [0.3, 0.4) is 0 Å². The number of methoxy groups -OCH3 is 1. The molecule has 0 aliphatic carbocycles. The number of aromatic nitrogens is 2. The highest BCUT2D eigenvalue weighted by atomic mass is 35.5. The van der Waals surface area contributed by atoms with Gasteiger partial charge in [0.2, 0.25) is 5.91 Å². The second kappa shape index (κ2) is 10.6. The van der Waals surface area contributed by atoms with Gasteiger partial charge in [-0.3, -0.25) is 19.1 Å². The molecule has 0 aliphatic heterocycles. The van der Waals surface area contributed by atoms with Gasteiger partial charge in [-0.2, -0.15) is 0 Å². The molecule has 2 aromatic carbocycles. The number of amides is 1. The lowest BCUT2D eigenvalue weighted by Gasteiger charge is -2.23. The van der Waals surface area contributed by atoms with Crippen LogP contribution in [0.25, 0.3) is 10.9 Å². The van der Waals surface area contributed by atoms with Crippen LogP contribution < -0.4 is 9.64 Å². The first-order valence-electron chi connectivity index (χ1n) is 11.5. The Balaban J connectivity index is 1.79. The van der Waals surface area contributed by atoms with Crippen molar-refractivity contribution in [1.29, 1.82) is 0 Å². The summed E-state index contributed by atoms with van der Waals surface area (Å²) in [6.45, 7) is 6.71. The van der Waals surface area contributed by atoms with Gasteiger partial charge in [0.05, 0.1) is 19.0 Å². The van der Waals surface area contributed by atoms with Crippen molar-refractivity contribution in [3.8, 4) is 5.75 Å². The number of nitrogens with zero attached hydrogens (tertiary/aromatic N) is 3. The van der Waals surface area contributed by atoms with Gasteiger partial charge in [0, 0.05) is 39.8 Å². The molecule has 0 bridgehead atoms. The predicted molar refractivity (Wildman–Crippen MR) is 142 cm³/mol. The van der Waals surface area contributed by atoms with E-state index in [0.717, 1.165) is 28.6 Å². The standard InChI is InChI=1S/C27H28ClN3O3S/c1-5-17(2)16-30(27-29-12-13-35-27)25(32)15-22-18(3)31(24-11-10-21(34-4)14-23(22)24)26(33)19-6-8-20(28)9-7-19/h6-14,17H,5,15-16H2,1-4H3. The number of benzene rings is 2. The van der Waals surface area contributed by atoms with Gasteiger partial charge in [0.15, 0.2) is 5.13 Å². The zero-order valence-electron chi connectivity index (χ0n) is 20.2. The van der Waals surface area contributed by atoms with E-state index in [1.807, 2.05) is 30.5 Å². The van der Waals surface area contributed by atoms with E-state index in [1.54, 1.807) is 47.0 Å². The number of carbonyl (C=O) groups excluding carboxylic acids is 2. The zero-order chi connectivity index (χ0) is 25.1. The minimum absolute atomic E-state index is 0.0517. The zero-order valence-corrected chi connectivity index (χ0v) is 21.8. The first-order valence-corrected chi connectivity index (χ1v) is 12.8. The Morgan fingerprint density at radius 1 is 1.20 bits per heavy atom. The Labute approximate surface area is 214 Å². The van der Waals surface area contributed by atoms with Crippen molar-refractivity contribution in [3.63, 3.8) is 0 Å². The quantitative estimate of drug-likeness (QED) is 0.276. The molecule has 0 saturated heterocycles. The number of thiazole rings is 1. The fourth-order valence-electron chi connectivity index (χ4n) is 4.12. The molecule has 0 N–H and O–H groups in total. The molecule has 4 aromatic rings. The van der Waals surface area contributed by atoms with E-state index in [4.69, 9.17) is 16.3 Å².